The molecule has 0 heterocycles. The Morgan fingerprint density at radius 1 is 0.938 bits per heavy atom. The summed E-state index contributed by atoms with van der Waals surface area (Å²) in [7, 11) is 0. The van der Waals surface area contributed by atoms with E-state index in [1.54, 1.807) is 0 Å². The lowest BCUT2D eigenvalue weighted by molar-refractivity contribution is -0.206. The van der Waals surface area contributed by atoms with Crippen molar-refractivity contribution in [3.63, 3.8) is 0 Å². The first-order valence-electron chi connectivity index (χ1n) is 14.1. The fourth-order valence-electron chi connectivity index (χ4n) is 10.3. The van der Waals surface area contributed by atoms with E-state index < -0.39 is 5.60 Å². The van der Waals surface area contributed by atoms with Gasteiger partial charge in [0.15, 0.2) is 0 Å². The molecule has 4 saturated carbocycles. The van der Waals surface area contributed by atoms with Crippen molar-refractivity contribution in [1.82, 2.24) is 0 Å². The Kier molecular flexibility index (Phi) is 6.45. The third-order valence-electron chi connectivity index (χ3n) is 12.4. The smallest absolute Gasteiger partial charge is 0.0591 e. The lowest BCUT2D eigenvalue weighted by Gasteiger charge is -2.68. The van der Waals surface area contributed by atoms with Gasteiger partial charge in [-0.05, 0) is 123 Å². The maximum absolute atomic E-state index is 11.7. The predicted molar refractivity (Wildman–Crippen MR) is 134 cm³/mol. The summed E-state index contributed by atoms with van der Waals surface area (Å²) in [5.74, 6) is 4.83. The minimum absolute atomic E-state index is 0.111. The quantitative estimate of drug-likeness (QED) is 0.460. The van der Waals surface area contributed by atoms with Crippen molar-refractivity contribution in [3.8, 4) is 0 Å². The highest BCUT2D eigenvalue weighted by Crippen LogP contribution is 2.72. The van der Waals surface area contributed by atoms with Gasteiger partial charge in [0.1, 0.15) is 0 Å². The van der Waals surface area contributed by atoms with Crippen LogP contribution in [-0.4, -0.2) is 21.9 Å². The molecule has 0 aliphatic heterocycles. The average Bonchev–Trinajstić information content (AvgIpc) is 3.13. The van der Waals surface area contributed by atoms with Crippen molar-refractivity contribution in [2.24, 2.45) is 57.7 Å². The van der Waals surface area contributed by atoms with Gasteiger partial charge in [-0.15, -0.1) is 0 Å². The minimum atomic E-state index is -0.553. The monoisotopic (exact) mass is 446 g/mol. The summed E-state index contributed by atoms with van der Waals surface area (Å²) in [4.78, 5) is 0. The molecule has 2 N–H and O–H groups in total. The van der Waals surface area contributed by atoms with E-state index in [2.05, 4.69) is 41.5 Å². The zero-order chi connectivity index (χ0) is 23.7. The molecule has 0 radical (unpaired) electrons. The van der Waals surface area contributed by atoms with Gasteiger partial charge in [0, 0.05) is 0 Å². The van der Waals surface area contributed by atoms with E-state index in [-0.39, 0.29) is 6.10 Å². The second kappa shape index (κ2) is 8.25. The standard InChI is InChI=1S/C30H54O2/c1-19(10-9-15-27(3,4)32)21-11-12-22-26(21)23(31)18-25-29(22,7)17-14-24-28(5,6)20(2)13-16-30(24,25)8/h19-26,31-32H,9-18H2,1-8H3/t19-,20-,21?,22?,23+,24?,25?,26?,29-,30-/m0/s1. The summed E-state index contributed by atoms with van der Waals surface area (Å²) < 4.78 is 0. The number of aliphatic hydroxyl groups is 2. The van der Waals surface area contributed by atoms with Crippen molar-refractivity contribution in [3.05, 3.63) is 0 Å². The molecule has 4 aliphatic carbocycles. The summed E-state index contributed by atoms with van der Waals surface area (Å²) >= 11 is 0. The Hall–Kier alpha value is -0.0800. The van der Waals surface area contributed by atoms with Crippen LogP contribution in [0.2, 0.25) is 0 Å². The van der Waals surface area contributed by atoms with Gasteiger partial charge in [-0.2, -0.15) is 0 Å². The first kappa shape index (κ1) is 25.0. The molecule has 4 fully saturated rings. The van der Waals surface area contributed by atoms with E-state index in [1.807, 2.05) is 13.8 Å². The van der Waals surface area contributed by atoms with Gasteiger partial charge in [-0.1, -0.05) is 54.4 Å². The third kappa shape index (κ3) is 3.92. The van der Waals surface area contributed by atoms with Gasteiger partial charge >= 0.3 is 0 Å². The van der Waals surface area contributed by atoms with Crippen molar-refractivity contribution in [2.75, 3.05) is 0 Å². The molecule has 0 bridgehead atoms. The summed E-state index contributed by atoms with van der Waals surface area (Å²) in [5, 5.41) is 21.8. The van der Waals surface area contributed by atoms with Gasteiger partial charge in [-0.25, -0.2) is 0 Å². The first-order valence-corrected chi connectivity index (χ1v) is 14.1. The van der Waals surface area contributed by atoms with Crippen LogP contribution < -0.4 is 0 Å². The van der Waals surface area contributed by atoms with Crippen molar-refractivity contribution in [1.29, 1.82) is 0 Å². The molecule has 0 aromatic carbocycles. The molecule has 2 heteroatoms. The van der Waals surface area contributed by atoms with E-state index in [0.29, 0.717) is 45.8 Å². The summed E-state index contributed by atoms with van der Waals surface area (Å²) in [6, 6.07) is 0. The second-order valence-electron chi connectivity index (χ2n) is 14.8. The molecule has 0 amide bonds. The molecule has 186 valence electrons. The van der Waals surface area contributed by atoms with E-state index in [1.165, 1.54) is 44.9 Å². The molecule has 4 rings (SSSR count). The highest BCUT2D eigenvalue weighted by Gasteiger charge is 2.66. The Balaban J connectivity index is 1.53. The van der Waals surface area contributed by atoms with E-state index in [9.17, 15) is 10.2 Å². The Morgan fingerprint density at radius 2 is 1.59 bits per heavy atom. The van der Waals surface area contributed by atoms with Crippen molar-refractivity contribution < 1.29 is 10.2 Å². The van der Waals surface area contributed by atoms with Gasteiger partial charge in [0.25, 0.3) is 0 Å². The molecular formula is C30H54O2. The summed E-state index contributed by atoms with van der Waals surface area (Å²) in [6.45, 7) is 19.2. The van der Waals surface area contributed by atoms with Gasteiger partial charge in [0.05, 0.1) is 11.7 Å². The number of aliphatic hydroxyl groups excluding tert-OH is 1. The van der Waals surface area contributed by atoms with Crippen LogP contribution in [0.3, 0.4) is 0 Å². The predicted octanol–water partition coefficient (Wildman–Crippen LogP) is 7.47. The number of rotatable bonds is 5. The van der Waals surface area contributed by atoms with E-state index >= 15 is 0 Å². The van der Waals surface area contributed by atoms with E-state index in [4.69, 9.17) is 0 Å². The van der Waals surface area contributed by atoms with Crippen molar-refractivity contribution >= 4 is 0 Å². The Morgan fingerprint density at radius 3 is 2.25 bits per heavy atom. The lowest BCUT2D eigenvalue weighted by Crippen LogP contribution is -2.62. The average molecular weight is 447 g/mol. The van der Waals surface area contributed by atoms with Gasteiger partial charge in [0.2, 0.25) is 0 Å². The molecule has 10 atom stereocenters. The number of hydrogen-bond donors (Lipinski definition) is 2. The van der Waals surface area contributed by atoms with Crippen LogP contribution in [0.25, 0.3) is 0 Å². The second-order valence-corrected chi connectivity index (χ2v) is 14.8. The maximum atomic E-state index is 11.7. The maximum Gasteiger partial charge on any atom is 0.0591 e. The zero-order valence-electron chi connectivity index (χ0n) is 22.6. The first-order chi connectivity index (χ1) is 14.7. The largest absolute Gasteiger partial charge is 0.393 e. The number of hydrogen-bond acceptors (Lipinski definition) is 2. The zero-order valence-corrected chi connectivity index (χ0v) is 22.6. The molecule has 2 nitrogen and oxygen atoms in total. The Labute approximate surface area is 199 Å². The van der Waals surface area contributed by atoms with Gasteiger partial charge in [-0.3, -0.25) is 0 Å². The summed E-state index contributed by atoms with van der Waals surface area (Å²) in [5.41, 5.74) is 0.671. The van der Waals surface area contributed by atoms with Crippen molar-refractivity contribution in [2.45, 2.75) is 131 Å². The Bertz CT molecular complexity index is 677. The molecule has 5 unspecified atom stereocenters. The summed E-state index contributed by atoms with van der Waals surface area (Å²) in [6.07, 6.45) is 12.2. The van der Waals surface area contributed by atoms with Crippen LogP contribution >= 0.6 is 0 Å². The molecule has 0 aromatic heterocycles. The van der Waals surface area contributed by atoms with Crippen LogP contribution in [0.4, 0.5) is 0 Å². The topological polar surface area (TPSA) is 40.5 Å². The fraction of sp³-hybridized carbons (Fsp3) is 1.00. The molecule has 0 saturated heterocycles. The molecule has 4 aliphatic rings. The molecule has 0 spiro atoms. The highest BCUT2D eigenvalue weighted by atomic mass is 16.3. The highest BCUT2D eigenvalue weighted by molar-refractivity contribution is 5.14. The SMILES string of the molecule is C[C@@H](CCCC(C)(C)O)C1CCC2C1[C@H](O)CC1[C@@]2(C)CCC2C(C)(C)[C@@H](C)CC[C@@]21C. The molecule has 0 aromatic rings. The molecule has 32 heavy (non-hydrogen) atoms. The van der Waals surface area contributed by atoms with Crippen LogP contribution in [-0.2, 0) is 0 Å². The fourth-order valence-corrected chi connectivity index (χ4v) is 10.3. The van der Waals surface area contributed by atoms with Crippen LogP contribution in [0.1, 0.15) is 120 Å². The van der Waals surface area contributed by atoms with Crippen LogP contribution in [0.5, 0.6) is 0 Å². The molecular weight excluding hydrogens is 392 g/mol. The van der Waals surface area contributed by atoms with Gasteiger partial charge < -0.3 is 10.2 Å². The number of fused-ring (bicyclic) bond motifs is 5. The van der Waals surface area contributed by atoms with Crippen LogP contribution in [0, 0.1) is 57.7 Å². The van der Waals surface area contributed by atoms with Crippen LogP contribution in [0.15, 0.2) is 0 Å². The normalized spacial score (nSPS) is 49.1. The third-order valence-corrected chi connectivity index (χ3v) is 12.4. The van der Waals surface area contributed by atoms with E-state index in [0.717, 1.165) is 31.1 Å². The minimum Gasteiger partial charge on any atom is -0.393 e. The lowest BCUT2D eigenvalue weighted by atomic mass is 9.37.